The van der Waals surface area contributed by atoms with E-state index in [4.69, 9.17) is 5.73 Å². The van der Waals surface area contributed by atoms with Crippen molar-refractivity contribution in [3.8, 4) is 0 Å². The second-order valence-corrected chi connectivity index (χ2v) is 3.30. The molecule has 16 heavy (non-hydrogen) atoms. The van der Waals surface area contributed by atoms with Crippen molar-refractivity contribution in [1.82, 2.24) is 5.32 Å². The zero-order valence-electron chi connectivity index (χ0n) is 8.52. The van der Waals surface area contributed by atoms with Gasteiger partial charge in [0.15, 0.2) is 5.11 Å². The molecule has 0 unspecified atom stereocenters. The van der Waals surface area contributed by atoms with Crippen LogP contribution in [0.2, 0.25) is 0 Å². The molecule has 0 atom stereocenters. The number of hydrogen-bond acceptors (Lipinski definition) is 4. The number of nitrogens with one attached hydrogen (secondary N) is 1. The molecule has 1 aromatic rings. The van der Waals surface area contributed by atoms with E-state index in [2.05, 4.69) is 22.3 Å². The predicted molar refractivity (Wildman–Crippen MR) is 62.0 cm³/mol. The molecule has 0 aromatic heterocycles. The number of esters is 1. The maximum atomic E-state index is 11.6. The summed E-state index contributed by atoms with van der Waals surface area (Å²) in [7, 11) is 1.24. The average Bonchev–Trinajstić information content (AvgIpc) is 2.27. The summed E-state index contributed by atoms with van der Waals surface area (Å²) in [4.78, 5) is 23.0. The van der Waals surface area contributed by atoms with Gasteiger partial charge in [-0.3, -0.25) is 10.1 Å². The highest BCUT2D eigenvalue weighted by Gasteiger charge is 2.16. The molecule has 0 radical (unpaired) electrons. The number of thiocarbonyl (C=S) groups is 1. The zero-order valence-corrected chi connectivity index (χ0v) is 9.34. The summed E-state index contributed by atoms with van der Waals surface area (Å²) < 4.78 is 4.55. The first-order chi connectivity index (χ1) is 7.56. The van der Waals surface area contributed by atoms with Crippen LogP contribution in [0, 0.1) is 0 Å². The molecule has 0 heterocycles. The van der Waals surface area contributed by atoms with Crippen molar-refractivity contribution < 1.29 is 14.3 Å². The van der Waals surface area contributed by atoms with Gasteiger partial charge in [-0.1, -0.05) is 12.1 Å². The number of hydrogen-bond donors (Lipinski definition) is 2. The fraction of sp³-hybridized carbons (Fsp3) is 0.100. The first kappa shape index (κ1) is 12.1. The Balaban J connectivity index is 3.08. The molecule has 0 saturated carbocycles. The molecular weight excluding hydrogens is 228 g/mol. The predicted octanol–water partition coefficient (Wildman–Crippen LogP) is 0.447. The van der Waals surface area contributed by atoms with Gasteiger partial charge in [0, 0.05) is 0 Å². The highest BCUT2D eigenvalue weighted by Crippen LogP contribution is 2.09. The minimum absolute atomic E-state index is 0.148. The quantitative estimate of drug-likeness (QED) is 0.577. The van der Waals surface area contributed by atoms with Crippen LogP contribution in [-0.2, 0) is 4.74 Å². The Morgan fingerprint density at radius 1 is 1.31 bits per heavy atom. The lowest BCUT2D eigenvalue weighted by molar-refractivity contribution is 0.0596. The first-order valence-electron chi connectivity index (χ1n) is 4.34. The zero-order chi connectivity index (χ0) is 12.1. The Kier molecular flexibility index (Phi) is 3.96. The molecule has 6 heteroatoms. The molecule has 1 aromatic carbocycles. The number of nitrogens with two attached hydrogens (primary N) is 1. The van der Waals surface area contributed by atoms with Gasteiger partial charge in [-0.2, -0.15) is 0 Å². The van der Waals surface area contributed by atoms with Crippen molar-refractivity contribution in [3.63, 3.8) is 0 Å². The van der Waals surface area contributed by atoms with E-state index >= 15 is 0 Å². The highest BCUT2D eigenvalue weighted by atomic mass is 32.1. The monoisotopic (exact) mass is 238 g/mol. The van der Waals surface area contributed by atoms with Gasteiger partial charge in [0.2, 0.25) is 0 Å². The molecule has 0 saturated heterocycles. The summed E-state index contributed by atoms with van der Waals surface area (Å²) in [5.74, 6) is -1.12. The molecular formula is C10H10N2O3S. The summed E-state index contributed by atoms with van der Waals surface area (Å²) >= 11 is 4.54. The topological polar surface area (TPSA) is 81.4 Å². The normalized spacial score (nSPS) is 9.31. The molecule has 0 aliphatic rings. The third-order valence-electron chi connectivity index (χ3n) is 1.81. The summed E-state index contributed by atoms with van der Waals surface area (Å²) in [5.41, 5.74) is 5.51. The summed E-state index contributed by atoms with van der Waals surface area (Å²) in [6.45, 7) is 0. The van der Waals surface area contributed by atoms with Gasteiger partial charge >= 0.3 is 5.97 Å². The Labute approximate surface area is 97.6 Å². The van der Waals surface area contributed by atoms with Crippen molar-refractivity contribution in [2.24, 2.45) is 5.73 Å². The van der Waals surface area contributed by atoms with Crippen LogP contribution in [0.15, 0.2) is 24.3 Å². The molecule has 0 aliphatic carbocycles. The van der Waals surface area contributed by atoms with Crippen LogP contribution in [0.5, 0.6) is 0 Å². The maximum Gasteiger partial charge on any atom is 0.338 e. The van der Waals surface area contributed by atoms with Gasteiger partial charge in [-0.05, 0) is 24.4 Å². The number of carbonyl (C=O) groups is 2. The van der Waals surface area contributed by atoms with E-state index in [1.54, 1.807) is 12.1 Å². The maximum absolute atomic E-state index is 11.6. The van der Waals surface area contributed by atoms with Gasteiger partial charge in [-0.25, -0.2) is 4.79 Å². The van der Waals surface area contributed by atoms with Crippen LogP contribution in [0.1, 0.15) is 20.7 Å². The lowest BCUT2D eigenvalue weighted by Gasteiger charge is -2.07. The third kappa shape index (κ3) is 2.77. The van der Waals surface area contributed by atoms with Gasteiger partial charge in [-0.15, -0.1) is 0 Å². The molecule has 0 bridgehead atoms. The number of amides is 1. The van der Waals surface area contributed by atoms with Crippen LogP contribution < -0.4 is 11.1 Å². The lowest BCUT2D eigenvalue weighted by Crippen LogP contribution is -2.35. The van der Waals surface area contributed by atoms with Gasteiger partial charge in [0.05, 0.1) is 18.2 Å². The lowest BCUT2D eigenvalue weighted by atomic mass is 10.1. The third-order valence-corrected chi connectivity index (χ3v) is 1.92. The van der Waals surface area contributed by atoms with Crippen molar-refractivity contribution in [2.75, 3.05) is 7.11 Å². The SMILES string of the molecule is COC(=O)c1ccccc1C(=O)NC(N)=S. The van der Waals surface area contributed by atoms with E-state index in [0.29, 0.717) is 0 Å². The minimum atomic E-state index is -0.589. The second kappa shape index (κ2) is 5.22. The smallest absolute Gasteiger partial charge is 0.338 e. The molecule has 84 valence electrons. The minimum Gasteiger partial charge on any atom is -0.465 e. The van der Waals surface area contributed by atoms with E-state index in [0.717, 1.165) is 0 Å². The molecule has 1 amide bonds. The molecule has 1 rings (SSSR count). The standard InChI is InChI=1S/C10H10N2O3S/c1-15-9(14)7-5-3-2-4-6(7)8(13)12-10(11)16/h2-5H,1H3,(H3,11,12,13,16). The van der Waals surface area contributed by atoms with Crippen LogP contribution in [0.3, 0.4) is 0 Å². The number of rotatable bonds is 2. The van der Waals surface area contributed by atoms with Crippen LogP contribution in [0.25, 0.3) is 0 Å². The summed E-state index contributed by atoms with van der Waals surface area (Å²) in [6.07, 6.45) is 0. The molecule has 0 fully saturated rings. The van der Waals surface area contributed by atoms with Crippen LogP contribution in [0.4, 0.5) is 0 Å². The first-order valence-corrected chi connectivity index (χ1v) is 4.75. The molecule has 5 nitrogen and oxygen atoms in total. The van der Waals surface area contributed by atoms with E-state index in [1.165, 1.54) is 19.2 Å². The second-order valence-electron chi connectivity index (χ2n) is 2.86. The van der Waals surface area contributed by atoms with Gasteiger partial charge in [0.1, 0.15) is 0 Å². The number of ether oxygens (including phenoxy) is 1. The number of methoxy groups -OCH3 is 1. The van der Waals surface area contributed by atoms with E-state index in [-0.39, 0.29) is 16.2 Å². The summed E-state index contributed by atoms with van der Waals surface area (Å²) in [6, 6.07) is 6.23. The number of carbonyl (C=O) groups excluding carboxylic acids is 2. The van der Waals surface area contributed by atoms with E-state index in [1.807, 2.05) is 0 Å². The van der Waals surface area contributed by atoms with E-state index < -0.39 is 11.9 Å². The fourth-order valence-corrected chi connectivity index (χ4v) is 1.24. The van der Waals surface area contributed by atoms with Gasteiger partial charge in [0.25, 0.3) is 5.91 Å². The Hall–Kier alpha value is -1.95. The van der Waals surface area contributed by atoms with Crippen LogP contribution >= 0.6 is 12.2 Å². The van der Waals surface area contributed by atoms with Crippen molar-refractivity contribution in [3.05, 3.63) is 35.4 Å². The Bertz CT molecular complexity index is 445. The Morgan fingerprint density at radius 3 is 2.38 bits per heavy atom. The van der Waals surface area contributed by atoms with E-state index in [9.17, 15) is 9.59 Å². The molecule has 0 spiro atoms. The van der Waals surface area contributed by atoms with Crippen molar-refractivity contribution in [1.29, 1.82) is 0 Å². The van der Waals surface area contributed by atoms with Gasteiger partial charge < -0.3 is 10.5 Å². The highest BCUT2D eigenvalue weighted by molar-refractivity contribution is 7.80. The average molecular weight is 238 g/mol. The van der Waals surface area contributed by atoms with Crippen molar-refractivity contribution >= 4 is 29.2 Å². The molecule has 0 aliphatic heterocycles. The molecule has 3 N–H and O–H groups in total. The largest absolute Gasteiger partial charge is 0.465 e. The van der Waals surface area contributed by atoms with Crippen molar-refractivity contribution in [2.45, 2.75) is 0 Å². The number of benzene rings is 1. The summed E-state index contributed by atoms with van der Waals surface area (Å²) in [5, 5.41) is 2.09. The fourth-order valence-electron chi connectivity index (χ4n) is 1.15. The Morgan fingerprint density at radius 2 is 1.88 bits per heavy atom. The van der Waals surface area contributed by atoms with Crippen LogP contribution in [-0.4, -0.2) is 24.1 Å².